The molecule has 1 saturated heterocycles. The summed E-state index contributed by atoms with van der Waals surface area (Å²) >= 11 is 0. The lowest BCUT2D eigenvalue weighted by molar-refractivity contribution is -0.120. The standard InChI is InChI=1S/C18H16FN3O4/c19-11-1-5-13(6-2-11)26-14-7-3-12(4-8-14)20-17(24)15-9-10-16(23)22-18(25)21-15/h1-8,15H,9-10H2,(H,20,24)(H2,21,22,23,25). The topological polar surface area (TPSA) is 96.5 Å². The summed E-state index contributed by atoms with van der Waals surface area (Å²) in [4.78, 5) is 35.0. The average Bonchev–Trinajstić information content (AvgIpc) is 2.79. The van der Waals surface area contributed by atoms with Gasteiger partial charge in [0.1, 0.15) is 23.4 Å². The molecule has 1 heterocycles. The van der Waals surface area contributed by atoms with Gasteiger partial charge in [0.2, 0.25) is 11.8 Å². The summed E-state index contributed by atoms with van der Waals surface area (Å²) in [5.41, 5.74) is 0.513. The second-order valence-corrected chi connectivity index (χ2v) is 5.68. The summed E-state index contributed by atoms with van der Waals surface area (Å²) in [6.07, 6.45) is 0.302. The van der Waals surface area contributed by atoms with Crippen LogP contribution in [0.1, 0.15) is 12.8 Å². The van der Waals surface area contributed by atoms with Gasteiger partial charge in [-0.3, -0.25) is 14.9 Å². The second-order valence-electron chi connectivity index (χ2n) is 5.68. The fourth-order valence-corrected chi connectivity index (χ4v) is 2.40. The van der Waals surface area contributed by atoms with Crippen molar-refractivity contribution in [3.05, 3.63) is 54.3 Å². The van der Waals surface area contributed by atoms with Crippen LogP contribution in [0.25, 0.3) is 0 Å². The number of benzene rings is 2. The highest BCUT2D eigenvalue weighted by Crippen LogP contribution is 2.23. The second kappa shape index (κ2) is 7.64. The fraction of sp³-hybridized carbons (Fsp3) is 0.167. The maximum absolute atomic E-state index is 12.9. The Kier molecular flexibility index (Phi) is 5.12. The first-order chi connectivity index (χ1) is 12.5. The minimum Gasteiger partial charge on any atom is -0.457 e. The maximum atomic E-state index is 12.9. The molecule has 0 spiro atoms. The van der Waals surface area contributed by atoms with E-state index in [1.807, 2.05) is 0 Å². The minimum atomic E-state index is -0.795. The molecule has 134 valence electrons. The third kappa shape index (κ3) is 4.56. The molecule has 2 aromatic rings. The van der Waals surface area contributed by atoms with E-state index in [2.05, 4.69) is 16.0 Å². The molecule has 0 bridgehead atoms. The largest absolute Gasteiger partial charge is 0.457 e. The summed E-state index contributed by atoms with van der Waals surface area (Å²) in [6.45, 7) is 0. The molecule has 1 fully saturated rings. The van der Waals surface area contributed by atoms with Crippen molar-refractivity contribution >= 4 is 23.5 Å². The molecule has 3 N–H and O–H groups in total. The van der Waals surface area contributed by atoms with Crippen LogP contribution in [0.5, 0.6) is 11.5 Å². The van der Waals surface area contributed by atoms with E-state index in [4.69, 9.17) is 4.74 Å². The van der Waals surface area contributed by atoms with Gasteiger partial charge < -0.3 is 15.4 Å². The number of rotatable bonds is 4. The van der Waals surface area contributed by atoms with E-state index in [-0.39, 0.29) is 18.7 Å². The quantitative estimate of drug-likeness (QED) is 0.783. The molecule has 2 aromatic carbocycles. The molecule has 7 nitrogen and oxygen atoms in total. The van der Waals surface area contributed by atoms with Crippen LogP contribution < -0.4 is 20.7 Å². The van der Waals surface area contributed by atoms with Gasteiger partial charge in [-0.2, -0.15) is 0 Å². The Morgan fingerprint density at radius 2 is 1.65 bits per heavy atom. The van der Waals surface area contributed by atoms with Crippen LogP contribution in [-0.4, -0.2) is 23.9 Å². The van der Waals surface area contributed by atoms with Gasteiger partial charge in [0.25, 0.3) is 0 Å². The summed E-state index contributed by atoms with van der Waals surface area (Å²) in [5, 5.41) is 7.23. The van der Waals surface area contributed by atoms with E-state index in [9.17, 15) is 18.8 Å². The van der Waals surface area contributed by atoms with Crippen LogP contribution in [0.4, 0.5) is 14.9 Å². The Balaban J connectivity index is 1.59. The summed E-state index contributed by atoms with van der Waals surface area (Å²) in [5.74, 6) is -0.172. The van der Waals surface area contributed by atoms with E-state index in [1.165, 1.54) is 24.3 Å². The molecule has 1 unspecified atom stereocenters. The highest BCUT2D eigenvalue weighted by molar-refractivity contribution is 6.01. The van der Waals surface area contributed by atoms with Crippen molar-refractivity contribution < 1.29 is 23.5 Å². The number of amides is 4. The Morgan fingerprint density at radius 3 is 2.31 bits per heavy atom. The molecule has 1 atom stereocenters. The Hall–Kier alpha value is -3.42. The average molecular weight is 357 g/mol. The lowest BCUT2D eigenvalue weighted by Gasteiger charge is -2.15. The van der Waals surface area contributed by atoms with Crippen LogP contribution in [0.15, 0.2) is 48.5 Å². The van der Waals surface area contributed by atoms with E-state index in [0.29, 0.717) is 17.2 Å². The Bertz CT molecular complexity index is 821. The zero-order valence-electron chi connectivity index (χ0n) is 13.6. The van der Waals surface area contributed by atoms with Crippen LogP contribution >= 0.6 is 0 Å². The first-order valence-electron chi connectivity index (χ1n) is 7.94. The number of ether oxygens (including phenoxy) is 1. The van der Waals surface area contributed by atoms with Crippen LogP contribution in [0, 0.1) is 5.82 Å². The van der Waals surface area contributed by atoms with Crippen molar-refractivity contribution in [1.29, 1.82) is 0 Å². The first kappa shape index (κ1) is 17.4. The molecule has 4 amide bonds. The van der Waals surface area contributed by atoms with Crippen molar-refractivity contribution in [2.75, 3.05) is 5.32 Å². The number of carbonyl (C=O) groups is 3. The lowest BCUT2D eigenvalue weighted by atomic mass is 10.1. The van der Waals surface area contributed by atoms with Crippen molar-refractivity contribution in [2.24, 2.45) is 0 Å². The van der Waals surface area contributed by atoms with Crippen molar-refractivity contribution in [3.63, 3.8) is 0 Å². The zero-order chi connectivity index (χ0) is 18.5. The molecular formula is C18H16FN3O4. The van der Waals surface area contributed by atoms with Gasteiger partial charge in [0.05, 0.1) is 0 Å². The zero-order valence-corrected chi connectivity index (χ0v) is 13.6. The van der Waals surface area contributed by atoms with Gasteiger partial charge in [-0.25, -0.2) is 9.18 Å². The van der Waals surface area contributed by atoms with Crippen molar-refractivity contribution in [3.8, 4) is 11.5 Å². The van der Waals surface area contributed by atoms with Crippen molar-refractivity contribution in [2.45, 2.75) is 18.9 Å². The molecule has 0 radical (unpaired) electrons. The van der Waals surface area contributed by atoms with Gasteiger partial charge in [0.15, 0.2) is 0 Å². The Labute approximate surface area is 148 Å². The Morgan fingerprint density at radius 1 is 1.04 bits per heavy atom. The van der Waals surface area contributed by atoms with Crippen molar-refractivity contribution in [1.82, 2.24) is 10.6 Å². The third-order valence-corrected chi connectivity index (χ3v) is 3.71. The predicted molar refractivity (Wildman–Crippen MR) is 91.2 cm³/mol. The molecule has 0 aliphatic carbocycles. The highest BCUT2D eigenvalue weighted by Gasteiger charge is 2.26. The number of imide groups is 1. The number of halogens is 1. The third-order valence-electron chi connectivity index (χ3n) is 3.71. The van der Waals surface area contributed by atoms with E-state index < -0.39 is 23.9 Å². The summed E-state index contributed by atoms with van der Waals surface area (Å²) in [6, 6.07) is 10.7. The molecule has 0 saturated carbocycles. The minimum absolute atomic E-state index is 0.0846. The SMILES string of the molecule is O=C1CCC(C(=O)Nc2ccc(Oc3ccc(F)cc3)cc2)NC(=O)N1. The van der Waals surface area contributed by atoms with E-state index in [0.717, 1.165) is 0 Å². The molecule has 8 heteroatoms. The number of hydrogen-bond donors (Lipinski definition) is 3. The van der Waals surface area contributed by atoms with E-state index >= 15 is 0 Å². The normalized spacial score (nSPS) is 16.9. The van der Waals surface area contributed by atoms with Gasteiger partial charge >= 0.3 is 6.03 Å². The predicted octanol–water partition coefficient (Wildman–Crippen LogP) is 2.54. The number of urea groups is 1. The first-order valence-corrected chi connectivity index (χ1v) is 7.94. The van der Waals surface area contributed by atoms with Gasteiger partial charge in [-0.05, 0) is 55.0 Å². The number of nitrogens with one attached hydrogen (secondary N) is 3. The van der Waals surface area contributed by atoms with Gasteiger partial charge in [-0.15, -0.1) is 0 Å². The molecule has 3 rings (SSSR count). The molecule has 26 heavy (non-hydrogen) atoms. The molecular weight excluding hydrogens is 341 g/mol. The van der Waals surface area contributed by atoms with Crippen LogP contribution in [-0.2, 0) is 9.59 Å². The maximum Gasteiger partial charge on any atom is 0.322 e. The molecule has 1 aliphatic rings. The molecule has 1 aliphatic heterocycles. The monoisotopic (exact) mass is 357 g/mol. The summed E-state index contributed by atoms with van der Waals surface area (Å²) in [7, 11) is 0. The smallest absolute Gasteiger partial charge is 0.322 e. The number of carbonyl (C=O) groups excluding carboxylic acids is 3. The van der Waals surface area contributed by atoms with Crippen LogP contribution in [0.2, 0.25) is 0 Å². The van der Waals surface area contributed by atoms with Gasteiger partial charge in [-0.1, -0.05) is 0 Å². The number of anilines is 1. The van der Waals surface area contributed by atoms with Crippen LogP contribution in [0.3, 0.4) is 0 Å². The fourth-order valence-electron chi connectivity index (χ4n) is 2.40. The van der Waals surface area contributed by atoms with Gasteiger partial charge in [0, 0.05) is 12.1 Å². The summed E-state index contributed by atoms with van der Waals surface area (Å²) < 4.78 is 18.4. The van der Waals surface area contributed by atoms with E-state index in [1.54, 1.807) is 24.3 Å². The highest BCUT2D eigenvalue weighted by atomic mass is 19.1. The number of hydrogen-bond acceptors (Lipinski definition) is 4. The lowest BCUT2D eigenvalue weighted by Crippen LogP contribution is -2.45. The molecule has 0 aromatic heterocycles.